The summed E-state index contributed by atoms with van der Waals surface area (Å²) in [5, 5.41) is 11.4. The highest BCUT2D eigenvalue weighted by Gasteiger charge is 2.25. The van der Waals surface area contributed by atoms with Gasteiger partial charge in [-0.3, -0.25) is 9.36 Å². The third-order valence-electron chi connectivity index (χ3n) is 6.00. The summed E-state index contributed by atoms with van der Waals surface area (Å²) in [7, 11) is 0. The van der Waals surface area contributed by atoms with Crippen molar-refractivity contribution in [1.82, 2.24) is 24.6 Å². The van der Waals surface area contributed by atoms with Crippen LogP contribution in [-0.4, -0.2) is 48.9 Å². The van der Waals surface area contributed by atoms with Crippen molar-refractivity contribution in [1.29, 1.82) is 0 Å². The number of hydrogen-bond donors (Lipinski definition) is 1. The smallest absolute Gasteiger partial charge is 0.233 e. The van der Waals surface area contributed by atoms with Crippen molar-refractivity contribution in [2.45, 2.75) is 37.4 Å². The summed E-state index contributed by atoms with van der Waals surface area (Å²) in [6, 6.07) is 16.0. The van der Waals surface area contributed by atoms with E-state index in [9.17, 15) is 4.79 Å². The van der Waals surface area contributed by atoms with Crippen LogP contribution < -0.4 is 0 Å². The van der Waals surface area contributed by atoms with Crippen molar-refractivity contribution in [3.63, 3.8) is 0 Å². The molecule has 2 aromatic carbocycles. The van der Waals surface area contributed by atoms with Gasteiger partial charge < -0.3 is 9.88 Å². The fourth-order valence-electron chi connectivity index (χ4n) is 4.30. The van der Waals surface area contributed by atoms with E-state index in [4.69, 9.17) is 11.6 Å². The van der Waals surface area contributed by atoms with Crippen LogP contribution in [-0.2, 0) is 4.79 Å². The van der Waals surface area contributed by atoms with Gasteiger partial charge in [0.15, 0.2) is 11.0 Å². The van der Waals surface area contributed by atoms with Crippen LogP contribution in [0, 0.1) is 0 Å². The Hall–Kier alpha value is -2.77. The zero-order valence-corrected chi connectivity index (χ0v) is 19.4. The highest BCUT2D eigenvalue weighted by molar-refractivity contribution is 7.99. The third-order valence-corrected chi connectivity index (χ3v) is 7.16. The van der Waals surface area contributed by atoms with Gasteiger partial charge in [-0.15, -0.1) is 10.2 Å². The lowest BCUT2D eigenvalue weighted by Gasteiger charge is -2.33. The highest BCUT2D eigenvalue weighted by atomic mass is 35.5. The van der Waals surface area contributed by atoms with Crippen molar-refractivity contribution < 1.29 is 4.79 Å². The average Bonchev–Trinajstić information content (AvgIpc) is 3.42. The number of aromatic nitrogens is 4. The molecule has 1 fully saturated rings. The van der Waals surface area contributed by atoms with Crippen LogP contribution in [0.5, 0.6) is 0 Å². The van der Waals surface area contributed by atoms with E-state index in [1.54, 1.807) is 0 Å². The molecule has 5 rings (SSSR count). The van der Waals surface area contributed by atoms with Crippen LogP contribution in [0.3, 0.4) is 0 Å². The molecular formula is C24H24ClN5OS. The molecule has 2 aromatic heterocycles. The van der Waals surface area contributed by atoms with Gasteiger partial charge in [-0.25, -0.2) is 0 Å². The number of carbonyl (C=O) groups is 1. The summed E-state index contributed by atoms with van der Waals surface area (Å²) >= 11 is 7.56. The Kier molecular flexibility index (Phi) is 5.93. The van der Waals surface area contributed by atoms with Crippen molar-refractivity contribution in [3.05, 3.63) is 59.8 Å². The van der Waals surface area contributed by atoms with Gasteiger partial charge in [0.2, 0.25) is 5.91 Å². The van der Waals surface area contributed by atoms with Gasteiger partial charge in [0.05, 0.1) is 5.75 Å². The van der Waals surface area contributed by atoms with E-state index < -0.39 is 0 Å². The van der Waals surface area contributed by atoms with Crippen LogP contribution in [0.1, 0.15) is 26.2 Å². The summed E-state index contributed by atoms with van der Waals surface area (Å²) in [6.45, 7) is 2.97. The number of H-pyrrole nitrogens is 1. The molecule has 164 valence electrons. The summed E-state index contributed by atoms with van der Waals surface area (Å²) in [5.74, 6) is 1.22. The van der Waals surface area contributed by atoms with Crippen LogP contribution in [0.15, 0.2) is 59.9 Å². The van der Waals surface area contributed by atoms with Gasteiger partial charge >= 0.3 is 0 Å². The van der Waals surface area contributed by atoms with Crippen LogP contribution in [0.4, 0.5) is 0 Å². The Morgan fingerprint density at radius 3 is 2.78 bits per heavy atom. The minimum absolute atomic E-state index is 0.154. The quantitative estimate of drug-likeness (QED) is 0.392. The Balaban J connectivity index is 1.50. The molecular weight excluding hydrogens is 442 g/mol. The Labute approximate surface area is 196 Å². The number of thioether (sulfide) groups is 1. The van der Waals surface area contributed by atoms with Gasteiger partial charge in [-0.1, -0.05) is 41.6 Å². The maximum absolute atomic E-state index is 12.9. The highest BCUT2D eigenvalue weighted by Crippen LogP contribution is 2.33. The summed E-state index contributed by atoms with van der Waals surface area (Å²) in [5.41, 5.74) is 2.91. The van der Waals surface area contributed by atoms with Crippen LogP contribution in [0.25, 0.3) is 28.0 Å². The van der Waals surface area contributed by atoms with Gasteiger partial charge in [-0.2, -0.15) is 0 Å². The van der Waals surface area contributed by atoms with Crippen LogP contribution >= 0.6 is 23.4 Å². The molecule has 1 aliphatic rings. The second-order valence-electron chi connectivity index (χ2n) is 8.09. The number of piperidine rings is 1. The molecule has 1 N–H and O–H groups in total. The van der Waals surface area contributed by atoms with E-state index in [0.29, 0.717) is 22.0 Å². The van der Waals surface area contributed by atoms with Crippen LogP contribution in [0.2, 0.25) is 5.02 Å². The largest absolute Gasteiger partial charge is 0.360 e. The number of hydrogen-bond acceptors (Lipinski definition) is 4. The van der Waals surface area contributed by atoms with E-state index in [2.05, 4.69) is 28.2 Å². The normalized spacial score (nSPS) is 16.6. The number of rotatable bonds is 5. The molecule has 3 heterocycles. The van der Waals surface area contributed by atoms with E-state index >= 15 is 0 Å². The second kappa shape index (κ2) is 9.00. The maximum Gasteiger partial charge on any atom is 0.233 e. The standard InChI is InChI=1S/C24H24ClN5OS/c1-16-6-4-5-13-29(16)22(31)15-32-24-28-27-23(30(24)18-11-9-17(25)10-12-18)20-14-26-21-8-3-2-7-19(20)21/h2-3,7-12,14,16,26H,4-6,13,15H2,1H3. The fourth-order valence-corrected chi connectivity index (χ4v) is 5.26. The van der Waals surface area contributed by atoms with Crippen molar-refractivity contribution >= 4 is 40.2 Å². The Bertz CT molecular complexity index is 1250. The lowest BCUT2D eigenvalue weighted by molar-refractivity contribution is -0.131. The van der Waals surface area contributed by atoms with E-state index in [0.717, 1.165) is 47.4 Å². The zero-order chi connectivity index (χ0) is 22.1. The number of aromatic amines is 1. The number of para-hydroxylation sites is 1. The molecule has 32 heavy (non-hydrogen) atoms. The first-order valence-electron chi connectivity index (χ1n) is 10.8. The summed E-state index contributed by atoms with van der Waals surface area (Å²) in [4.78, 5) is 18.2. The molecule has 0 aliphatic carbocycles. The predicted molar refractivity (Wildman–Crippen MR) is 129 cm³/mol. The van der Waals surface area contributed by atoms with Gasteiger partial charge in [0.25, 0.3) is 0 Å². The molecule has 0 spiro atoms. The van der Waals surface area contributed by atoms with E-state index in [1.165, 1.54) is 18.2 Å². The minimum Gasteiger partial charge on any atom is -0.360 e. The first-order valence-corrected chi connectivity index (χ1v) is 12.2. The van der Waals surface area contributed by atoms with Gasteiger partial charge in [-0.05, 0) is 56.5 Å². The minimum atomic E-state index is 0.154. The first-order chi connectivity index (χ1) is 15.6. The van der Waals surface area contributed by atoms with Crippen molar-refractivity contribution in [2.75, 3.05) is 12.3 Å². The molecule has 1 atom stereocenters. The number of carbonyl (C=O) groups excluding carboxylic acids is 1. The third kappa shape index (κ3) is 4.02. The molecule has 4 aromatic rings. The number of halogens is 1. The number of likely N-dealkylation sites (tertiary alicyclic amines) is 1. The molecule has 1 unspecified atom stereocenters. The van der Waals surface area contributed by atoms with E-state index in [1.807, 2.05) is 58.1 Å². The average molecular weight is 466 g/mol. The SMILES string of the molecule is CC1CCCCN1C(=O)CSc1nnc(-c2c[nH]c3ccccc23)n1-c1ccc(Cl)cc1. The van der Waals surface area contributed by atoms with Gasteiger partial charge in [0.1, 0.15) is 0 Å². The zero-order valence-electron chi connectivity index (χ0n) is 17.8. The molecule has 1 amide bonds. The fraction of sp³-hybridized carbons (Fsp3) is 0.292. The number of fused-ring (bicyclic) bond motifs is 1. The topological polar surface area (TPSA) is 66.8 Å². The van der Waals surface area contributed by atoms with Crippen molar-refractivity contribution in [3.8, 4) is 17.1 Å². The lowest BCUT2D eigenvalue weighted by Crippen LogP contribution is -2.42. The number of amides is 1. The monoisotopic (exact) mass is 465 g/mol. The maximum atomic E-state index is 12.9. The van der Waals surface area contributed by atoms with Crippen molar-refractivity contribution in [2.24, 2.45) is 0 Å². The molecule has 1 aliphatic heterocycles. The second-order valence-corrected chi connectivity index (χ2v) is 9.47. The Morgan fingerprint density at radius 1 is 1.16 bits per heavy atom. The molecule has 6 nitrogen and oxygen atoms in total. The van der Waals surface area contributed by atoms with E-state index in [-0.39, 0.29) is 5.91 Å². The molecule has 0 bridgehead atoms. The predicted octanol–water partition coefficient (Wildman–Crippen LogP) is 5.56. The Morgan fingerprint density at radius 2 is 1.97 bits per heavy atom. The molecule has 0 radical (unpaired) electrons. The number of nitrogens with zero attached hydrogens (tertiary/aromatic N) is 4. The van der Waals surface area contributed by atoms with Gasteiger partial charge in [0, 0.05) is 46.0 Å². The summed E-state index contributed by atoms with van der Waals surface area (Å²) in [6.07, 6.45) is 5.29. The molecule has 1 saturated heterocycles. The lowest BCUT2D eigenvalue weighted by atomic mass is 10.0. The molecule has 8 heteroatoms. The summed E-state index contributed by atoms with van der Waals surface area (Å²) < 4.78 is 2.00. The molecule has 0 saturated carbocycles. The number of benzene rings is 2. The first kappa shape index (κ1) is 21.1. The number of nitrogens with one attached hydrogen (secondary N) is 1.